The second-order valence-corrected chi connectivity index (χ2v) is 5.51. The van der Waals surface area contributed by atoms with Crippen LogP contribution in [0, 0.1) is 0 Å². The van der Waals surface area contributed by atoms with Gasteiger partial charge in [-0.15, -0.1) is 0 Å². The molecule has 2 nitrogen and oxygen atoms in total. The molecule has 100 valence electrons. The molecule has 0 radical (unpaired) electrons. The van der Waals surface area contributed by atoms with Crippen molar-refractivity contribution in [3.63, 3.8) is 0 Å². The van der Waals surface area contributed by atoms with Crippen molar-refractivity contribution in [1.82, 2.24) is 5.32 Å². The van der Waals surface area contributed by atoms with Gasteiger partial charge in [-0.05, 0) is 31.5 Å². The van der Waals surface area contributed by atoms with Crippen LogP contribution >= 0.6 is 0 Å². The Kier molecular flexibility index (Phi) is 3.43. The predicted octanol–water partition coefficient (Wildman–Crippen LogP) is 4.05. The Balaban J connectivity index is 2.05. The third kappa shape index (κ3) is 2.10. The number of likely N-dealkylation sites (N-methyl/N-ethyl adjacent to an activating group) is 1. The van der Waals surface area contributed by atoms with E-state index in [0.717, 1.165) is 0 Å². The van der Waals surface area contributed by atoms with Crippen LogP contribution in [0.25, 0.3) is 0 Å². The Hall–Kier alpha value is -1.54. The zero-order valence-electron chi connectivity index (χ0n) is 11.4. The molecule has 1 aromatic carbocycles. The van der Waals surface area contributed by atoms with Gasteiger partial charge in [-0.1, -0.05) is 43.2 Å². The lowest BCUT2D eigenvalue weighted by molar-refractivity contribution is 0.314. The maximum absolute atomic E-state index is 5.30. The van der Waals surface area contributed by atoms with Crippen molar-refractivity contribution in [3.05, 3.63) is 60.1 Å². The topological polar surface area (TPSA) is 25.2 Å². The van der Waals surface area contributed by atoms with Gasteiger partial charge in [0.2, 0.25) is 0 Å². The van der Waals surface area contributed by atoms with Gasteiger partial charge in [0.1, 0.15) is 0 Å². The van der Waals surface area contributed by atoms with Gasteiger partial charge in [0.25, 0.3) is 0 Å². The van der Waals surface area contributed by atoms with E-state index in [1.54, 1.807) is 6.26 Å². The van der Waals surface area contributed by atoms with Gasteiger partial charge in [-0.25, -0.2) is 0 Å². The zero-order chi connectivity index (χ0) is 13.1. The third-order valence-electron chi connectivity index (χ3n) is 4.56. The lowest BCUT2D eigenvalue weighted by atomic mass is 9.71. The van der Waals surface area contributed by atoms with Gasteiger partial charge >= 0.3 is 0 Å². The van der Waals surface area contributed by atoms with Crippen LogP contribution in [-0.2, 0) is 5.41 Å². The summed E-state index contributed by atoms with van der Waals surface area (Å²) in [5, 5.41) is 3.53. The highest BCUT2D eigenvalue weighted by Crippen LogP contribution is 2.49. The van der Waals surface area contributed by atoms with E-state index in [2.05, 4.69) is 48.8 Å². The minimum atomic E-state index is 0.208. The molecule has 0 amide bonds. The second kappa shape index (κ2) is 5.22. The molecule has 1 aliphatic carbocycles. The highest BCUT2D eigenvalue weighted by atomic mass is 16.3. The molecule has 0 saturated heterocycles. The summed E-state index contributed by atoms with van der Waals surface area (Å²) >= 11 is 0. The fraction of sp³-hybridized carbons (Fsp3) is 0.412. The molecule has 1 unspecified atom stereocenters. The second-order valence-electron chi connectivity index (χ2n) is 5.51. The summed E-state index contributed by atoms with van der Waals surface area (Å²) < 4.78 is 5.30. The van der Waals surface area contributed by atoms with Crippen LogP contribution in [0.15, 0.2) is 53.3 Å². The number of rotatable bonds is 4. The Labute approximate surface area is 114 Å². The van der Waals surface area contributed by atoms with E-state index >= 15 is 0 Å². The highest BCUT2D eigenvalue weighted by molar-refractivity contribution is 5.33. The first-order valence-electron chi connectivity index (χ1n) is 7.12. The summed E-state index contributed by atoms with van der Waals surface area (Å²) in [7, 11) is 2.06. The quantitative estimate of drug-likeness (QED) is 0.891. The maximum Gasteiger partial charge on any atom is 0.0950 e. The summed E-state index contributed by atoms with van der Waals surface area (Å²) in [6, 6.07) is 13.4. The van der Waals surface area contributed by atoms with Crippen molar-refractivity contribution in [2.75, 3.05) is 7.05 Å². The van der Waals surface area contributed by atoms with Crippen LogP contribution in [0.4, 0.5) is 0 Å². The van der Waals surface area contributed by atoms with Crippen LogP contribution in [0.3, 0.4) is 0 Å². The molecule has 1 atom stereocenters. The number of nitrogens with one attached hydrogen (secondary N) is 1. The van der Waals surface area contributed by atoms with Crippen molar-refractivity contribution in [3.8, 4) is 0 Å². The first kappa shape index (κ1) is 12.5. The van der Waals surface area contributed by atoms with Crippen molar-refractivity contribution < 1.29 is 4.42 Å². The monoisotopic (exact) mass is 255 g/mol. The van der Waals surface area contributed by atoms with Gasteiger partial charge < -0.3 is 9.73 Å². The number of furan rings is 1. The van der Waals surface area contributed by atoms with Crippen molar-refractivity contribution in [1.29, 1.82) is 0 Å². The fourth-order valence-corrected chi connectivity index (χ4v) is 3.72. The summed E-state index contributed by atoms with van der Waals surface area (Å²) in [6.07, 6.45) is 8.76. The Morgan fingerprint density at radius 3 is 2.42 bits per heavy atom. The van der Waals surface area contributed by atoms with E-state index in [-0.39, 0.29) is 5.41 Å². The molecule has 3 rings (SSSR count). The van der Waals surface area contributed by atoms with Crippen LogP contribution in [0.5, 0.6) is 0 Å². The molecule has 0 bridgehead atoms. The van der Waals surface area contributed by atoms with Crippen LogP contribution in [0.1, 0.15) is 42.9 Å². The van der Waals surface area contributed by atoms with Crippen molar-refractivity contribution in [2.45, 2.75) is 37.1 Å². The van der Waals surface area contributed by atoms with E-state index in [4.69, 9.17) is 4.42 Å². The summed E-state index contributed by atoms with van der Waals surface area (Å²) in [4.78, 5) is 0. The molecule has 1 saturated carbocycles. The minimum Gasteiger partial charge on any atom is -0.472 e. The molecule has 2 heteroatoms. The Morgan fingerprint density at radius 1 is 1.11 bits per heavy atom. The number of hydrogen-bond donors (Lipinski definition) is 1. The number of hydrogen-bond acceptors (Lipinski definition) is 2. The molecular formula is C17H21NO. The van der Waals surface area contributed by atoms with Crippen LogP contribution < -0.4 is 5.32 Å². The minimum absolute atomic E-state index is 0.208. The van der Waals surface area contributed by atoms with Gasteiger partial charge in [0.15, 0.2) is 0 Å². The lowest BCUT2D eigenvalue weighted by Crippen LogP contribution is -2.38. The standard InChI is InChI=1S/C17H21NO/c1-18-16(14-9-12-19-13-14)17(10-5-6-11-17)15-7-3-2-4-8-15/h2-4,7-9,12-13,16,18H,5-6,10-11H2,1H3. The molecule has 1 heterocycles. The molecule has 1 fully saturated rings. The van der Waals surface area contributed by atoms with Crippen LogP contribution in [-0.4, -0.2) is 7.05 Å². The third-order valence-corrected chi connectivity index (χ3v) is 4.56. The van der Waals surface area contributed by atoms with E-state index < -0.39 is 0 Å². The van der Waals surface area contributed by atoms with E-state index in [1.165, 1.54) is 36.8 Å². The fourth-order valence-electron chi connectivity index (χ4n) is 3.72. The number of benzene rings is 1. The first-order chi connectivity index (χ1) is 9.37. The summed E-state index contributed by atoms with van der Waals surface area (Å²) in [5.41, 5.74) is 2.92. The van der Waals surface area contributed by atoms with E-state index in [1.807, 2.05) is 6.26 Å². The SMILES string of the molecule is CNC(c1ccoc1)C1(c2ccccc2)CCCC1. The lowest BCUT2D eigenvalue weighted by Gasteiger charge is -2.38. The van der Waals surface area contributed by atoms with Crippen molar-refractivity contribution in [2.24, 2.45) is 0 Å². The van der Waals surface area contributed by atoms with E-state index in [9.17, 15) is 0 Å². The molecule has 0 spiro atoms. The molecule has 1 N–H and O–H groups in total. The molecule has 19 heavy (non-hydrogen) atoms. The average molecular weight is 255 g/mol. The van der Waals surface area contributed by atoms with E-state index in [0.29, 0.717) is 6.04 Å². The first-order valence-corrected chi connectivity index (χ1v) is 7.12. The van der Waals surface area contributed by atoms with Gasteiger partial charge in [-0.3, -0.25) is 0 Å². The molecule has 2 aromatic rings. The van der Waals surface area contributed by atoms with Gasteiger partial charge in [0.05, 0.1) is 12.5 Å². The Bertz CT molecular complexity index is 497. The van der Waals surface area contributed by atoms with Crippen LogP contribution in [0.2, 0.25) is 0 Å². The van der Waals surface area contributed by atoms with Gasteiger partial charge in [0, 0.05) is 17.0 Å². The van der Waals surface area contributed by atoms with Crippen molar-refractivity contribution >= 4 is 0 Å². The zero-order valence-corrected chi connectivity index (χ0v) is 11.4. The normalized spacial score (nSPS) is 19.4. The Morgan fingerprint density at radius 2 is 1.84 bits per heavy atom. The molecule has 0 aliphatic heterocycles. The molecular weight excluding hydrogens is 234 g/mol. The maximum atomic E-state index is 5.30. The molecule has 1 aromatic heterocycles. The largest absolute Gasteiger partial charge is 0.472 e. The smallest absolute Gasteiger partial charge is 0.0950 e. The molecule has 1 aliphatic rings. The predicted molar refractivity (Wildman–Crippen MR) is 77.1 cm³/mol. The highest BCUT2D eigenvalue weighted by Gasteiger charge is 2.43. The average Bonchev–Trinajstić information content (AvgIpc) is 3.13. The summed E-state index contributed by atoms with van der Waals surface area (Å²) in [6.45, 7) is 0. The van der Waals surface area contributed by atoms with Gasteiger partial charge in [-0.2, -0.15) is 0 Å². The summed E-state index contributed by atoms with van der Waals surface area (Å²) in [5.74, 6) is 0.